The second-order valence-corrected chi connectivity index (χ2v) is 15.6. The highest BCUT2D eigenvalue weighted by atomic mass is 19.4. The average molecular weight is 808 g/mol. The fourth-order valence-corrected chi connectivity index (χ4v) is 8.97. The fraction of sp³-hybridized carbons (Fsp3) is 0.0556. The van der Waals surface area contributed by atoms with Gasteiger partial charge in [0.05, 0.1) is 67.8 Å². The van der Waals surface area contributed by atoms with Crippen molar-refractivity contribution in [2.75, 3.05) is 0 Å². The lowest BCUT2D eigenvalue weighted by Gasteiger charge is -2.19. The van der Waals surface area contributed by atoms with E-state index in [1.165, 1.54) is 6.07 Å². The van der Waals surface area contributed by atoms with E-state index in [-0.39, 0.29) is 0 Å². The van der Waals surface area contributed by atoms with Crippen LogP contribution in [0.15, 0.2) is 158 Å². The van der Waals surface area contributed by atoms with Gasteiger partial charge >= 0.3 is 6.18 Å². The first-order chi connectivity index (χ1) is 30.0. The monoisotopic (exact) mass is 807 g/mol. The molecule has 2 aromatic heterocycles. The van der Waals surface area contributed by atoms with E-state index in [1.54, 1.807) is 19.1 Å². The Labute approximate surface area is 354 Å². The van der Waals surface area contributed by atoms with Gasteiger partial charge in [-0.2, -0.15) is 29.0 Å². The van der Waals surface area contributed by atoms with Gasteiger partial charge in [0.15, 0.2) is 0 Å². The number of nitriles is 3. The maximum absolute atomic E-state index is 14.1. The molecule has 8 heteroatoms. The Morgan fingerprint density at radius 2 is 0.968 bits per heavy atom. The number of para-hydroxylation sites is 2. The number of benzene rings is 8. The molecule has 2 heterocycles. The van der Waals surface area contributed by atoms with E-state index < -0.39 is 11.7 Å². The number of nitrogens with zero attached hydrogens (tertiary/aromatic N) is 5. The van der Waals surface area contributed by atoms with E-state index in [9.17, 15) is 29.0 Å². The molecule has 0 aliphatic carbocycles. The summed E-state index contributed by atoms with van der Waals surface area (Å²) in [5.74, 6) is 0. The van der Waals surface area contributed by atoms with Crippen molar-refractivity contribution in [1.82, 2.24) is 9.13 Å². The number of aromatic nitrogens is 2. The normalized spacial score (nSPS) is 11.6. The molecule has 10 aromatic rings. The summed E-state index contributed by atoms with van der Waals surface area (Å²) in [7, 11) is 0. The minimum absolute atomic E-state index is 0.381. The van der Waals surface area contributed by atoms with Gasteiger partial charge in [-0.1, -0.05) is 84.9 Å². The van der Waals surface area contributed by atoms with Gasteiger partial charge in [-0.25, -0.2) is 0 Å². The molecule has 0 aliphatic rings. The Kier molecular flexibility index (Phi) is 8.80. The molecule has 5 nitrogen and oxygen atoms in total. The molecular formula is C54H32F3N5. The molecule has 0 fully saturated rings. The molecule has 62 heavy (non-hydrogen) atoms. The fourth-order valence-electron chi connectivity index (χ4n) is 8.97. The molecule has 0 N–H and O–H groups in total. The highest BCUT2D eigenvalue weighted by Gasteiger charge is 2.31. The lowest BCUT2D eigenvalue weighted by molar-refractivity contribution is -0.137. The van der Waals surface area contributed by atoms with Crippen molar-refractivity contribution in [2.24, 2.45) is 0 Å². The van der Waals surface area contributed by atoms with E-state index in [1.807, 2.05) is 110 Å². The van der Waals surface area contributed by atoms with Crippen molar-refractivity contribution < 1.29 is 13.2 Å². The third-order valence-corrected chi connectivity index (χ3v) is 11.6. The predicted octanol–water partition coefficient (Wildman–Crippen LogP) is 14.1. The minimum Gasteiger partial charge on any atom is -0.309 e. The van der Waals surface area contributed by atoms with Crippen molar-refractivity contribution in [3.8, 4) is 63.0 Å². The standard InChI is InChI=1S/C54H32F3N5/c1-32-18-35(30-59)23-39(19-32)36-14-16-45-43-10-3-5-12-48(43)61(51(45)25-36)50-28-47(38-9-7-8-34(22-38)29-58)53(27-41(50)31-60)62-49-13-6-4-11-44(49)46-17-15-37(26-52(46)62)40-20-33(2)21-42(24-40)54(55,56)57/h3-28H,1-2H3. The summed E-state index contributed by atoms with van der Waals surface area (Å²) < 4.78 is 46.3. The molecule has 0 unspecified atom stereocenters. The zero-order valence-corrected chi connectivity index (χ0v) is 33.4. The zero-order valence-electron chi connectivity index (χ0n) is 33.4. The average Bonchev–Trinajstić information content (AvgIpc) is 3.79. The summed E-state index contributed by atoms with van der Waals surface area (Å²) in [4.78, 5) is 0. The molecule has 294 valence electrons. The summed E-state index contributed by atoms with van der Waals surface area (Å²) >= 11 is 0. The third-order valence-electron chi connectivity index (χ3n) is 11.6. The van der Waals surface area contributed by atoms with Crippen LogP contribution in [0.4, 0.5) is 13.2 Å². The summed E-state index contributed by atoms with van der Waals surface area (Å²) in [6.07, 6.45) is -4.51. The first kappa shape index (κ1) is 37.9. The van der Waals surface area contributed by atoms with Gasteiger partial charge in [0, 0.05) is 27.1 Å². The van der Waals surface area contributed by atoms with Crippen molar-refractivity contribution in [3.05, 3.63) is 191 Å². The van der Waals surface area contributed by atoms with Crippen LogP contribution in [0.3, 0.4) is 0 Å². The second-order valence-electron chi connectivity index (χ2n) is 15.6. The SMILES string of the molecule is Cc1cc(C#N)cc(-c2ccc3c4ccccc4n(-c4cc(-c5cccc(C#N)c5)c(-n5c6ccccc6c6ccc(-c7cc(C)cc(C(F)(F)F)c7)cc65)cc4C#N)c3c2)c1. The highest BCUT2D eigenvalue weighted by Crippen LogP contribution is 2.43. The van der Waals surface area contributed by atoms with Gasteiger partial charge in [-0.3, -0.25) is 0 Å². The molecule has 0 radical (unpaired) electrons. The van der Waals surface area contributed by atoms with Crippen LogP contribution in [0.1, 0.15) is 33.4 Å². The van der Waals surface area contributed by atoms with Crippen LogP contribution in [0.5, 0.6) is 0 Å². The van der Waals surface area contributed by atoms with Gasteiger partial charge in [0.25, 0.3) is 0 Å². The topological polar surface area (TPSA) is 81.2 Å². The number of hydrogen-bond acceptors (Lipinski definition) is 3. The Bertz CT molecular complexity index is 3640. The first-order valence-electron chi connectivity index (χ1n) is 19.9. The molecule has 10 rings (SSSR count). The van der Waals surface area contributed by atoms with Crippen LogP contribution in [0.25, 0.3) is 88.4 Å². The second kappa shape index (κ2) is 14.4. The highest BCUT2D eigenvalue weighted by molar-refractivity contribution is 6.12. The smallest absolute Gasteiger partial charge is 0.309 e. The number of hydrogen-bond donors (Lipinski definition) is 0. The molecule has 0 bridgehead atoms. The van der Waals surface area contributed by atoms with E-state index in [0.29, 0.717) is 44.8 Å². The minimum atomic E-state index is -4.51. The van der Waals surface area contributed by atoms with Crippen molar-refractivity contribution in [1.29, 1.82) is 15.8 Å². The van der Waals surface area contributed by atoms with Crippen LogP contribution < -0.4 is 0 Å². The molecule has 0 spiro atoms. The van der Waals surface area contributed by atoms with Crippen molar-refractivity contribution in [2.45, 2.75) is 20.0 Å². The quantitative estimate of drug-likeness (QED) is 0.174. The van der Waals surface area contributed by atoms with Gasteiger partial charge in [-0.15, -0.1) is 0 Å². The van der Waals surface area contributed by atoms with Gasteiger partial charge < -0.3 is 9.13 Å². The number of halogens is 3. The van der Waals surface area contributed by atoms with Crippen molar-refractivity contribution in [3.63, 3.8) is 0 Å². The van der Waals surface area contributed by atoms with Gasteiger partial charge in [0.2, 0.25) is 0 Å². The zero-order chi connectivity index (χ0) is 42.9. The lowest BCUT2D eigenvalue weighted by atomic mass is 9.97. The molecule has 0 saturated carbocycles. The van der Waals surface area contributed by atoms with Crippen LogP contribution in [0, 0.1) is 47.8 Å². The van der Waals surface area contributed by atoms with Crippen LogP contribution in [-0.2, 0) is 6.18 Å². The van der Waals surface area contributed by atoms with E-state index in [4.69, 9.17) is 0 Å². The molecule has 0 saturated heterocycles. The number of fused-ring (bicyclic) bond motifs is 6. The Balaban J connectivity index is 1.29. The first-order valence-corrected chi connectivity index (χ1v) is 19.9. The Hall–Kier alpha value is -8.38. The summed E-state index contributed by atoms with van der Waals surface area (Å²) in [5.41, 5.74) is 11.1. The van der Waals surface area contributed by atoms with E-state index in [0.717, 1.165) is 77.5 Å². The molecule has 8 aromatic carbocycles. The molecular weight excluding hydrogens is 776 g/mol. The van der Waals surface area contributed by atoms with Gasteiger partial charge in [0.1, 0.15) is 6.07 Å². The largest absolute Gasteiger partial charge is 0.416 e. The van der Waals surface area contributed by atoms with Crippen molar-refractivity contribution >= 4 is 43.6 Å². The maximum Gasteiger partial charge on any atom is 0.416 e. The van der Waals surface area contributed by atoms with Gasteiger partial charge in [-0.05, 0) is 126 Å². The Morgan fingerprint density at radius 1 is 0.419 bits per heavy atom. The lowest BCUT2D eigenvalue weighted by Crippen LogP contribution is -2.05. The van der Waals surface area contributed by atoms with E-state index in [2.05, 4.69) is 57.7 Å². The number of alkyl halides is 3. The van der Waals surface area contributed by atoms with E-state index >= 15 is 0 Å². The van der Waals surface area contributed by atoms with Crippen LogP contribution in [-0.4, -0.2) is 9.13 Å². The predicted molar refractivity (Wildman–Crippen MR) is 240 cm³/mol. The molecule has 0 aliphatic heterocycles. The summed E-state index contributed by atoms with van der Waals surface area (Å²) in [5, 5.41) is 34.8. The maximum atomic E-state index is 14.1. The molecule has 0 amide bonds. The van der Waals surface area contributed by atoms with Crippen LogP contribution >= 0.6 is 0 Å². The van der Waals surface area contributed by atoms with Crippen LogP contribution in [0.2, 0.25) is 0 Å². The summed E-state index contributed by atoms with van der Waals surface area (Å²) in [6, 6.07) is 56.1. The number of rotatable bonds is 5. The summed E-state index contributed by atoms with van der Waals surface area (Å²) in [6.45, 7) is 3.62. The Morgan fingerprint density at radius 3 is 1.56 bits per heavy atom. The third kappa shape index (κ3) is 6.24. The molecule has 0 atom stereocenters. The number of aryl methyl sites for hydroxylation is 2.